The average molecular weight is 313 g/mol. The van der Waals surface area contributed by atoms with Crippen molar-refractivity contribution in [3.05, 3.63) is 59.7 Å². The van der Waals surface area contributed by atoms with E-state index < -0.39 is 0 Å². The molecule has 0 saturated carbocycles. The summed E-state index contributed by atoms with van der Waals surface area (Å²) in [7, 11) is 5.06. The van der Waals surface area contributed by atoms with Gasteiger partial charge < -0.3 is 14.4 Å². The Morgan fingerprint density at radius 2 is 1.78 bits per heavy atom. The molecule has 4 heteroatoms. The quantitative estimate of drug-likeness (QED) is 0.787. The van der Waals surface area contributed by atoms with E-state index in [1.165, 1.54) is 5.56 Å². The lowest BCUT2D eigenvalue weighted by Gasteiger charge is -2.19. The van der Waals surface area contributed by atoms with Crippen LogP contribution >= 0.6 is 0 Å². The molecule has 0 atom stereocenters. The predicted octanol–water partition coefficient (Wildman–Crippen LogP) is 3.30. The lowest BCUT2D eigenvalue weighted by atomic mass is 10.1. The van der Waals surface area contributed by atoms with Gasteiger partial charge in [0.15, 0.2) is 0 Å². The summed E-state index contributed by atoms with van der Waals surface area (Å²) >= 11 is 0. The van der Waals surface area contributed by atoms with E-state index in [1.807, 2.05) is 55.6 Å². The molecular weight excluding hydrogens is 290 g/mol. The van der Waals surface area contributed by atoms with Gasteiger partial charge in [0.1, 0.15) is 11.5 Å². The summed E-state index contributed by atoms with van der Waals surface area (Å²) in [5, 5.41) is 0. The highest BCUT2D eigenvalue weighted by atomic mass is 16.5. The van der Waals surface area contributed by atoms with Crippen molar-refractivity contribution in [2.75, 3.05) is 21.3 Å². The van der Waals surface area contributed by atoms with Crippen LogP contribution in [0.1, 0.15) is 17.5 Å². The van der Waals surface area contributed by atoms with E-state index in [9.17, 15) is 4.79 Å². The average Bonchev–Trinajstić information content (AvgIpc) is 2.60. The van der Waals surface area contributed by atoms with Gasteiger partial charge in [-0.2, -0.15) is 0 Å². The van der Waals surface area contributed by atoms with Crippen molar-refractivity contribution in [2.24, 2.45) is 0 Å². The molecular formula is C19H23NO3. The lowest BCUT2D eigenvalue weighted by molar-refractivity contribution is -0.130. The molecule has 122 valence electrons. The van der Waals surface area contributed by atoms with Crippen LogP contribution in [-0.2, 0) is 17.8 Å². The fourth-order valence-electron chi connectivity index (χ4n) is 2.41. The molecule has 2 aromatic rings. The van der Waals surface area contributed by atoms with E-state index in [2.05, 4.69) is 0 Å². The monoisotopic (exact) mass is 313 g/mol. The Hall–Kier alpha value is -2.49. The van der Waals surface area contributed by atoms with Crippen LogP contribution < -0.4 is 9.47 Å². The molecule has 0 N–H and O–H groups in total. The number of hydrogen-bond acceptors (Lipinski definition) is 3. The highest BCUT2D eigenvalue weighted by molar-refractivity contribution is 5.76. The fourth-order valence-corrected chi connectivity index (χ4v) is 2.41. The van der Waals surface area contributed by atoms with Gasteiger partial charge in [-0.05, 0) is 24.1 Å². The van der Waals surface area contributed by atoms with Gasteiger partial charge in [0.05, 0.1) is 14.2 Å². The van der Waals surface area contributed by atoms with Crippen molar-refractivity contribution in [2.45, 2.75) is 19.4 Å². The second kappa shape index (κ2) is 8.22. The van der Waals surface area contributed by atoms with Gasteiger partial charge in [0.2, 0.25) is 5.91 Å². The number of methoxy groups -OCH3 is 2. The van der Waals surface area contributed by atoms with Crippen LogP contribution in [0, 0.1) is 0 Å². The number of ether oxygens (including phenoxy) is 2. The van der Waals surface area contributed by atoms with Crippen LogP contribution in [0.5, 0.6) is 11.5 Å². The van der Waals surface area contributed by atoms with Crippen molar-refractivity contribution in [1.29, 1.82) is 0 Å². The molecule has 0 heterocycles. The molecule has 2 aromatic carbocycles. The maximum atomic E-state index is 12.3. The molecule has 0 unspecified atom stereocenters. The normalized spacial score (nSPS) is 10.2. The molecule has 2 rings (SSSR count). The minimum atomic E-state index is 0.117. The number of rotatable bonds is 7. The first-order valence-electron chi connectivity index (χ1n) is 7.63. The number of hydrogen-bond donors (Lipinski definition) is 0. The number of aryl methyl sites for hydroxylation is 1. The molecule has 0 aromatic heterocycles. The van der Waals surface area contributed by atoms with Crippen LogP contribution in [0.4, 0.5) is 0 Å². The molecule has 1 amide bonds. The summed E-state index contributed by atoms with van der Waals surface area (Å²) in [4.78, 5) is 14.0. The maximum absolute atomic E-state index is 12.3. The number of nitrogens with zero attached hydrogens (tertiary/aromatic N) is 1. The molecule has 23 heavy (non-hydrogen) atoms. The Morgan fingerprint density at radius 3 is 2.43 bits per heavy atom. The van der Waals surface area contributed by atoms with E-state index in [4.69, 9.17) is 9.47 Å². The van der Waals surface area contributed by atoms with E-state index in [0.717, 1.165) is 23.5 Å². The third-order valence-corrected chi connectivity index (χ3v) is 3.80. The molecule has 0 fully saturated rings. The smallest absolute Gasteiger partial charge is 0.222 e. The standard InChI is InChI=1S/C19H23NO3/c1-20(19(21)12-9-15-7-5-4-6-8-15)14-16-10-11-17(22-2)13-18(16)23-3/h4-8,10-11,13H,9,12,14H2,1-3H3. The SMILES string of the molecule is COc1ccc(CN(C)C(=O)CCc2ccccc2)c(OC)c1. The first kappa shape index (κ1) is 16.9. The van der Waals surface area contributed by atoms with E-state index in [1.54, 1.807) is 19.1 Å². The second-order valence-electron chi connectivity index (χ2n) is 5.41. The fraction of sp³-hybridized carbons (Fsp3) is 0.316. The maximum Gasteiger partial charge on any atom is 0.222 e. The van der Waals surface area contributed by atoms with E-state index >= 15 is 0 Å². The van der Waals surface area contributed by atoms with Crippen LogP contribution in [0.2, 0.25) is 0 Å². The Bertz CT molecular complexity index is 640. The predicted molar refractivity (Wildman–Crippen MR) is 90.8 cm³/mol. The zero-order chi connectivity index (χ0) is 16.7. The molecule has 0 aliphatic rings. The lowest BCUT2D eigenvalue weighted by Crippen LogP contribution is -2.26. The highest BCUT2D eigenvalue weighted by Crippen LogP contribution is 2.25. The Balaban J connectivity index is 1.95. The van der Waals surface area contributed by atoms with Crippen molar-refractivity contribution >= 4 is 5.91 Å². The van der Waals surface area contributed by atoms with Crippen LogP contribution in [-0.4, -0.2) is 32.1 Å². The molecule has 0 saturated heterocycles. The second-order valence-corrected chi connectivity index (χ2v) is 5.41. The van der Waals surface area contributed by atoms with E-state index in [0.29, 0.717) is 13.0 Å². The Morgan fingerprint density at radius 1 is 1.04 bits per heavy atom. The number of carbonyl (C=O) groups excluding carboxylic acids is 1. The third-order valence-electron chi connectivity index (χ3n) is 3.80. The van der Waals surface area contributed by atoms with Gasteiger partial charge >= 0.3 is 0 Å². The summed E-state index contributed by atoms with van der Waals surface area (Å²) in [6, 6.07) is 15.7. The molecule has 4 nitrogen and oxygen atoms in total. The van der Waals surface area contributed by atoms with Gasteiger partial charge in [-0.3, -0.25) is 4.79 Å². The molecule has 0 radical (unpaired) electrons. The zero-order valence-corrected chi connectivity index (χ0v) is 13.9. The number of amides is 1. The topological polar surface area (TPSA) is 38.8 Å². The summed E-state index contributed by atoms with van der Waals surface area (Å²) in [6.07, 6.45) is 1.25. The van der Waals surface area contributed by atoms with Gasteiger partial charge in [0, 0.05) is 31.6 Å². The van der Waals surface area contributed by atoms with Crippen LogP contribution in [0.25, 0.3) is 0 Å². The highest BCUT2D eigenvalue weighted by Gasteiger charge is 2.13. The first-order chi connectivity index (χ1) is 11.1. The van der Waals surface area contributed by atoms with Crippen molar-refractivity contribution in [3.8, 4) is 11.5 Å². The summed E-state index contributed by atoms with van der Waals surface area (Å²) < 4.78 is 10.6. The zero-order valence-electron chi connectivity index (χ0n) is 13.9. The first-order valence-corrected chi connectivity index (χ1v) is 7.63. The number of benzene rings is 2. The molecule has 0 aliphatic heterocycles. The van der Waals surface area contributed by atoms with Crippen LogP contribution in [0.15, 0.2) is 48.5 Å². The largest absolute Gasteiger partial charge is 0.497 e. The van der Waals surface area contributed by atoms with Gasteiger partial charge in [0.25, 0.3) is 0 Å². The summed E-state index contributed by atoms with van der Waals surface area (Å²) in [6.45, 7) is 0.515. The van der Waals surface area contributed by atoms with Gasteiger partial charge in [-0.25, -0.2) is 0 Å². The van der Waals surface area contributed by atoms with Crippen molar-refractivity contribution < 1.29 is 14.3 Å². The molecule has 0 spiro atoms. The van der Waals surface area contributed by atoms with Gasteiger partial charge in [-0.1, -0.05) is 30.3 Å². The minimum absolute atomic E-state index is 0.117. The van der Waals surface area contributed by atoms with Crippen LogP contribution in [0.3, 0.4) is 0 Å². The summed E-state index contributed by atoms with van der Waals surface area (Å²) in [5.74, 6) is 1.59. The molecule has 0 aliphatic carbocycles. The number of carbonyl (C=O) groups is 1. The Labute approximate surface area is 137 Å². The minimum Gasteiger partial charge on any atom is -0.497 e. The van der Waals surface area contributed by atoms with Gasteiger partial charge in [-0.15, -0.1) is 0 Å². The van der Waals surface area contributed by atoms with Crippen molar-refractivity contribution in [1.82, 2.24) is 4.90 Å². The van der Waals surface area contributed by atoms with E-state index in [-0.39, 0.29) is 5.91 Å². The third kappa shape index (κ3) is 4.74. The van der Waals surface area contributed by atoms with Crippen molar-refractivity contribution in [3.63, 3.8) is 0 Å². The summed E-state index contributed by atoms with van der Waals surface area (Å²) in [5.41, 5.74) is 2.14. The Kier molecular flexibility index (Phi) is 6.03. The molecule has 0 bridgehead atoms.